The molecular weight excluding hydrogens is 576 g/mol. The summed E-state index contributed by atoms with van der Waals surface area (Å²) in [6, 6.07) is 0. The van der Waals surface area contributed by atoms with Crippen molar-refractivity contribution < 1.29 is 44.9 Å². The number of carbonyl (C=O) groups is 1. The molecule has 0 aromatic heterocycles. The van der Waals surface area contributed by atoms with Crippen molar-refractivity contribution in [3.63, 3.8) is 0 Å². The van der Waals surface area contributed by atoms with E-state index in [4.69, 9.17) is 9.47 Å². The van der Waals surface area contributed by atoms with Gasteiger partial charge in [-0.1, -0.05) is 40.7 Å². The Morgan fingerprint density at radius 1 is 1.00 bits per heavy atom. The van der Waals surface area contributed by atoms with Crippen LogP contribution in [0.5, 0.6) is 0 Å². The van der Waals surface area contributed by atoms with Crippen molar-refractivity contribution in [2.45, 2.75) is 148 Å². The molecule has 45 heavy (non-hydrogen) atoms. The lowest BCUT2D eigenvalue weighted by molar-refractivity contribution is -0.331. The molecule has 0 aromatic carbocycles. The highest BCUT2D eigenvalue weighted by atomic mass is 16.7. The molecular formula is C36H58O9. The zero-order chi connectivity index (χ0) is 33.1. The minimum atomic E-state index is -1.54. The SMILES string of the molecule is C[C@H](CC[C@@H](O)C(C)(C)O[C@@H]1O[C@H](CO)[C@@H](O)[C@H](O)[C@H]1O)[C@H]1CC[C@@]2(C)[C@@H]3[C@@H](O)CC4C(C)(C)C(=O)C=C[C@@]45C[C@@]35CC[C@]12C. The number of ketones is 1. The van der Waals surface area contributed by atoms with Crippen molar-refractivity contribution in [3.05, 3.63) is 12.2 Å². The van der Waals surface area contributed by atoms with E-state index in [1.54, 1.807) is 13.8 Å². The summed E-state index contributed by atoms with van der Waals surface area (Å²) < 4.78 is 11.5. The fourth-order valence-corrected chi connectivity index (χ4v) is 12.1. The Morgan fingerprint density at radius 2 is 1.69 bits per heavy atom. The van der Waals surface area contributed by atoms with Gasteiger partial charge in [0.15, 0.2) is 12.1 Å². The summed E-state index contributed by atoms with van der Waals surface area (Å²) in [6.45, 7) is 14.2. The molecule has 4 saturated carbocycles. The quantitative estimate of drug-likeness (QED) is 0.236. The Balaban J connectivity index is 1.13. The predicted octanol–water partition coefficient (Wildman–Crippen LogP) is 3.11. The number of fused-ring (bicyclic) bond motifs is 2. The highest BCUT2D eigenvalue weighted by molar-refractivity contribution is 5.96. The summed E-state index contributed by atoms with van der Waals surface area (Å²) in [7, 11) is 0. The molecule has 9 heteroatoms. The zero-order valence-electron chi connectivity index (χ0n) is 28.3. The van der Waals surface area contributed by atoms with Gasteiger partial charge in [0.25, 0.3) is 0 Å². The van der Waals surface area contributed by atoms with Gasteiger partial charge in [-0.05, 0) is 117 Å². The van der Waals surface area contributed by atoms with E-state index in [1.807, 2.05) is 6.08 Å². The highest BCUT2D eigenvalue weighted by Crippen LogP contribution is 2.88. The molecule has 9 nitrogen and oxygen atoms in total. The molecule has 0 aromatic rings. The first-order valence-electron chi connectivity index (χ1n) is 17.4. The normalized spacial score (nSPS) is 51.5. The minimum absolute atomic E-state index is 0.0123. The first-order chi connectivity index (χ1) is 20.8. The number of carbonyl (C=O) groups excluding carboxylic acids is 1. The lowest BCUT2D eigenvalue weighted by Crippen LogP contribution is -2.61. The van der Waals surface area contributed by atoms with Crippen molar-refractivity contribution >= 4 is 5.78 Å². The third-order valence-corrected chi connectivity index (χ3v) is 15.1. The number of hydrogen-bond donors (Lipinski definition) is 6. The van der Waals surface area contributed by atoms with Crippen molar-refractivity contribution in [2.24, 2.45) is 50.7 Å². The molecule has 5 aliphatic carbocycles. The monoisotopic (exact) mass is 634 g/mol. The van der Waals surface area contributed by atoms with Gasteiger partial charge in [0.2, 0.25) is 0 Å². The lowest BCUT2D eigenvalue weighted by Gasteiger charge is -2.63. The van der Waals surface area contributed by atoms with E-state index in [0.29, 0.717) is 24.7 Å². The van der Waals surface area contributed by atoms with Crippen LogP contribution < -0.4 is 0 Å². The molecule has 6 N–H and O–H groups in total. The number of ether oxygens (including phenoxy) is 2. The topological polar surface area (TPSA) is 157 Å². The third-order valence-electron chi connectivity index (χ3n) is 15.1. The summed E-state index contributed by atoms with van der Waals surface area (Å²) in [4.78, 5) is 12.9. The molecule has 0 amide bonds. The van der Waals surface area contributed by atoms with Crippen LogP contribution in [-0.4, -0.2) is 91.5 Å². The Kier molecular flexibility index (Phi) is 8.15. The minimum Gasteiger partial charge on any atom is -0.394 e. The van der Waals surface area contributed by atoms with Crippen LogP contribution in [0.1, 0.15) is 99.8 Å². The average Bonchev–Trinajstić information content (AvgIpc) is 3.54. The second kappa shape index (κ2) is 10.8. The summed E-state index contributed by atoms with van der Waals surface area (Å²) >= 11 is 0. The van der Waals surface area contributed by atoms with E-state index >= 15 is 0 Å². The first-order valence-corrected chi connectivity index (χ1v) is 17.4. The zero-order valence-corrected chi connectivity index (χ0v) is 28.3. The number of aliphatic hydroxyl groups is 6. The van der Waals surface area contributed by atoms with Crippen LogP contribution in [-0.2, 0) is 14.3 Å². The molecule has 1 unspecified atom stereocenters. The van der Waals surface area contributed by atoms with Crippen LogP contribution in [0.4, 0.5) is 0 Å². The van der Waals surface area contributed by atoms with Crippen LogP contribution in [0.25, 0.3) is 0 Å². The van der Waals surface area contributed by atoms with Crippen LogP contribution in [0.2, 0.25) is 0 Å². The van der Waals surface area contributed by atoms with Crippen molar-refractivity contribution in [1.82, 2.24) is 0 Å². The van der Waals surface area contributed by atoms with Gasteiger partial charge >= 0.3 is 0 Å². The third kappa shape index (κ3) is 4.58. The van der Waals surface area contributed by atoms with Gasteiger partial charge in [-0.25, -0.2) is 0 Å². The Bertz CT molecular complexity index is 1200. The Labute approximate surface area is 268 Å². The van der Waals surface area contributed by atoms with Gasteiger partial charge in [0, 0.05) is 5.41 Å². The summed E-state index contributed by atoms with van der Waals surface area (Å²) in [5.74, 6) is 1.36. The summed E-state index contributed by atoms with van der Waals surface area (Å²) in [5.41, 5.74) is -1.43. The first kappa shape index (κ1) is 34.0. The summed E-state index contributed by atoms with van der Waals surface area (Å²) in [6.07, 6.45) is 3.28. The van der Waals surface area contributed by atoms with Gasteiger partial charge in [-0.2, -0.15) is 0 Å². The maximum Gasteiger partial charge on any atom is 0.187 e. The fraction of sp³-hybridized carbons (Fsp3) is 0.917. The molecule has 1 heterocycles. The van der Waals surface area contributed by atoms with Crippen LogP contribution in [0.15, 0.2) is 12.2 Å². The van der Waals surface area contributed by atoms with E-state index in [-0.39, 0.29) is 39.3 Å². The van der Waals surface area contributed by atoms with Gasteiger partial charge in [-0.3, -0.25) is 4.79 Å². The van der Waals surface area contributed by atoms with Crippen molar-refractivity contribution in [2.75, 3.05) is 6.61 Å². The van der Waals surface area contributed by atoms with Crippen LogP contribution >= 0.6 is 0 Å². The molecule has 256 valence electrons. The molecule has 5 fully saturated rings. The second-order valence-electron chi connectivity index (χ2n) is 17.6. The molecule has 6 aliphatic rings. The smallest absolute Gasteiger partial charge is 0.187 e. The standard InChI is InChI=1S/C36H58O9/c1-19(8-9-25(40)32(4,5)45-30-28(43)27(42)26(41)22(17-37)44-30)20-10-12-34(7)29-21(38)16-23-31(2,3)24(39)11-13-35(23)18-36(29,35)15-14-33(20,34)6/h11,13,19-23,25-30,37-38,40-43H,8-10,12,14-18H2,1-7H3/t19-,20-,21+,22-,23?,25-,26-,27+,28-,29+,30+,33-,34+,35-,36+/m1/s1. The number of allylic oxidation sites excluding steroid dienone is 2. The van der Waals surface area contributed by atoms with Crippen LogP contribution in [0.3, 0.4) is 0 Å². The molecule has 0 radical (unpaired) electrons. The Morgan fingerprint density at radius 3 is 2.36 bits per heavy atom. The molecule has 2 spiro atoms. The molecule has 0 bridgehead atoms. The van der Waals surface area contributed by atoms with Crippen molar-refractivity contribution in [1.29, 1.82) is 0 Å². The molecule has 15 atom stereocenters. The van der Waals surface area contributed by atoms with E-state index in [0.717, 1.165) is 38.5 Å². The van der Waals surface area contributed by atoms with Gasteiger partial charge in [0.05, 0.1) is 24.4 Å². The van der Waals surface area contributed by atoms with E-state index in [1.165, 1.54) is 0 Å². The average molecular weight is 635 g/mol. The number of aliphatic hydroxyl groups excluding tert-OH is 6. The largest absolute Gasteiger partial charge is 0.394 e. The maximum atomic E-state index is 12.9. The van der Waals surface area contributed by atoms with Gasteiger partial charge < -0.3 is 40.1 Å². The maximum absolute atomic E-state index is 12.9. The Hall–Kier alpha value is -0.910. The predicted molar refractivity (Wildman–Crippen MR) is 167 cm³/mol. The number of rotatable bonds is 8. The van der Waals surface area contributed by atoms with E-state index < -0.39 is 60.5 Å². The fourth-order valence-electron chi connectivity index (χ4n) is 12.1. The van der Waals surface area contributed by atoms with Crippen LogP contribution in [0, 0.1) is 50.7 Å². The highest BCUT2D eigenvalue weighted by Gasteiger charge is 2.83. The molecule has 1 saturated heterocycles. The van der Waals surface area contributed by atoms with Crippen molar-refractivity contribution in [3.8, 4) is 0 Å². The molecule has 1 aliphatic heterocycles. The second-order valence-corrected chi connectivity index (χ2v) is 17.6. The van der Waals surface area contributed by atoms with Gasteiger partial charge in [-0.15, -0.1) is 0 Å². The van der Waals surface area contributed by atoms with Gasteiger partial charge in [0.1, 0.15) is 24.4 Å². The number of hydrogen-bond acceptors (Lipinski definition) is 9. The summed E-state index contributed by atoms with van der Waals surface area (Å²) in [5, 5.41) is 63.5. The van der Waals surface area contributed by atoms with E-state index in [9.17, 15) is 35.4 Å². The lowest BCUT2D eigenvalue weighted by atomic mass is 9.42. The van der Waals surface area contributed by atoms with E-state index in [2.05, 4.69) is 40.7 Å². The molecule has 6 rings (SSSR count).